The van der Waals surface area contributed by atoms with E-state index in [-0.39, 0.29) is 24.1 Å². The molecule has 31 heavy (non-hydrogen) atoms. The number of rotatable bonds is 6. The Kier molecular flexibility index (Phi) is 5.25. The summed E-state index contributed by atoms with van der Waals surface area (Å²) in [5, 5.41) is 7.81. The summed E-state index contributed by atoms with van der Waals surface area (Å²) in [6.45, 7) is 3.74. The zero-order valence-electron chi connectivity index (χ0n) is 17.9. The van der Waals surface area contributed by atoms with E-state index in [1.807, 2.05) is 6.07 Å². The predicted molar refractivity (Wildman–Crippen MR) is 119 cm³/mol. The Hall–Kier alpha value is -2.94. The molecule has 0 atom stereocenters. The summed E-state index contributed by atoms with van der Waals surface area (Å²) < 4.78 is 41.8. The standard InChI is InChI=1S/C22H25FN4O3S/c1-5-26(31(4,29)30)20-12-19-17(11-16(20)14-7-8-14)21(22(28)24-3)27(25-19)15-9-6-13(2)18(23)10-15/h6,9-12,14H,5,7-8H2,1-4H3,(H,24,28). The van der Waals surface area contributed by atoms with Crippen molar-refractivity contribution < 1.29 is 17.6 Å². The van der Waals surface area contributed by atoms with Crippen molar-refractivity contribution in [2.45, 2.75) is 32.6 Å². The van der Waals surface area contributed by atoms with E-state index in [2.05, 4.69) is 10.4 Å². The Labute approximate surface area is 180 Å². The number of benzene rings is 2. The molecule has 7 nitrogen and oxygen atoms in total. The lowest BCUT2D eigenvalue weighted by Gasteiger charge is -2.23. The molecule has 3 aromatic rings. The Morgan fingerprint density at radius 1 is 1.29 bits per heavy atom. The SMILES string of the molecule is CCN(c1cc2nn(-c3ccc(C)c(F)c3)c(C(=O)NC)c2cc1C1CC1)S(C)(=O)=O. The second-order valence-electron chi connectivity index (χ2n) is 7.90. The monoisotopic (exact) mass is 444 g/mol. The molecule has 0 saturated heterocycles. The fourth-order valence-corrected chi connectivity index (χ4v) is 4.88. The normalized spacial score (nSPS) is 14.1. The number of carbonyl (C=O) groups excluding carboxylic acids is 1. The molecule has 1 aromatic heterocycles. The van der Waals surface area contributed by atoms with Gasteiger partial charge in [-0.15, -0.1) is 0 Å². The van der Waals surface area contributed by atoms with Crippen LogP contribution in [-0.2, 0) is 10.0 Å². The largest absolute Gasteiger partial charge is 0.354 e. The molecular formula is C22H25FN4O3S. The first-order chi connectivity index (χ1) is 14.7. The summed E-state index contributed by atoms with van der Waals surface area (Å²) >= 11 is 0. The fraction of sp³-hybridized carbons (Fsp3) is 0.364. The maximum absolute atomic E-state index is 14.2. The Bertz CT molecular complexity index is 1300. The molecule has 0 aliphatic heterocycles. The van der Waals surface area contributed by atoms with Crippen LogP contribution in [0.4, 0.5) is 10.1 Å². The van der Waals surface area contributed by atoms with Crippen LogP contribution in [0.1, 0.15) is 47.3 Å². The van der Waals surface area contributed by atoms with E-state index in [4.69, 9.17) is 0 Å². The van der Waals surface area contributed by atoms with Crippen LogP contribution in [0.15, 0.2) is 30.3 Å². The number of nitrogens with zero attached hydrogens (tertiary/aromatic N) is 3. The number of amides is 1. The number of nitrogens with one attached hydrogen (secondary N) is 1. The topological polar surface area (TPSA) is 84.3 Å². The first-order valence-electron chi connectivity index (χ1n) is 10.2. The number of fused-ring (bicyclic) bond motifs is 1. The van der Waals surface area contributed by atoms with Crippen molar-refractivity contribution in [2.75, 3.05) is 24.2 Å². The number of hydrogen-bond donors (Lipinski definition) is 1. The maximum Gasteiger partial charge on any atom is 0.270 e. The van der Waals surface area contributed by atoms with Gasteiger partial charge in [0.15, 0.2) is 0 Å². The molecule has 1 N–H and O–H groups in total. The molecule has 1 saturated carbocycles. The van der Waals surface area contributed by atoms with Gasteiger partial charge in [0.25, 0.3) is 5.91 Å². The van der Waals surface area contributed by atoms with E-state index < -0.39 is 15.8 Å². The van der Waals surface area contributed by atoms with E-state index in [1.54, 1.807) is 32.0 Å². The second kappa shape index (κ2) is 7.64. The van der Waals surface area contributed by atoms with E-state index in [1.165, 1.54) is 28.4 Å². The van der Waals surface area contributed by atoms with E-state index in [9.17, 15) is 17.6 Å². The van der Waals surface area contributed by atoms with Crippen molar-refractivity contribution in [2.24, 2.45) is 0 Å². The lowest BCUT2D eigenvalue weighted by molar-refractivity contribution is 0.0957. The van der Waals surface area contributed by atoms with Crippen LogP contribution in [0.25, 0.3) is 16.6 Å². The van der Waals surface area contributed by atoms with Crippen molar-refractivity contribution in [1.82, 2.24) is 15.1 Å². The van der Waals surface area contributed by atoms with Crippen LogP contribution >= 0.6 is 0 Å². The summed E-state index contributed by atoms with van der Waals surface area (Å²) in [6.07, 6.45) is 3.11. The summed E-state index contributed by atoms with van der Waals surface area (Å²) in [6, 6.07) is 8.27. The predicted octanol–water partition coefficient (Wildman–Crippen LogP) is 3.50. The highest BCUT2D eigenvalue weighted by Crippen LogP contribution is 2.46. The molecule has 9 heteroatoms. The first-order valence-corrected chi connectivity index (χ1v) is 12.0. The minimum atomic E-state index is -3.48. The van der Waals surface area contributed by atoms with Crippen LogP contribution in [-0.4, -0.2) is 44.0 Å². The van der Waals surface area contributed by atoms with Crippen molar-refractivity contribution in [3.63, 3.8) is 0 Å². The molecule has 1 amide bonds. The fourth-order valence-electron chi connectivity index (χ4n) is 3.90. The summed E-state index contributed by atoms with van der Waals surface area (Å²) in [4.78, 5) is 12.8. The zero-order chi connectivity index (χ0) is 22.5. The summed E-state index contributed by atoms with van der Waals surface area (Å²) in [7, 11) is -1.95. The van der Waals surface area contributed by atoms with Gasteiger partial charge in [0.2, 0.25) is 10.0 Å². The highest BCUT2D eigenvalue weighted by Gasteiger charge is 2.32. The van der Waals surface area contributed by atoms with Crippen LogP contribution in [0.2, 0.25) is 0 Å². The molecule has 1 heterocycles. The second-order valence-corrected chi connectivity index (χ2v) is 9.81. The molecular weight excluding hydrogens is 419 g/mol. The number of carbonyl (C=O) groups is 1. The minimum absolute atomic E-state index is 0.243. The van der Waals surface area contributed by atoms with Crippen molar-refractivity contribution in [3.05, 3.63) is 53.0 Å². The van der Waals surface area contributed by atoms with E-state index >= 15 is 0 Å². The number of anilines is 1. The van der Waals surface area contributed by atoms with Crippen molar-refractivity contribution >= 4 is 32.5 Å². The van der Waals surface area contributed by atoms with Crippen molar-refractivity contribution in [3.8, 4) is 5.69 Å². The highest BCUT2D eigenvalue weighted by atomic mass is 32.2. The molecule has 0 unspecified atom stereocenters. The zero-order valence-corrected chi connectivity index (χ0v) is 18.8. The minimum Gasteiger partial charge on any atom is -0.354 e. The van der Waals surface area contributed by atoms with Gasteiger partial charge in [-0.05, 0) is 68.0 Å². The van der Waals surface area contributed by atoms with Gasteiger partial charge in [0.05, 0.1) is 23.1 Å². The first kappa shape index (κ1) is 21.3. The van der Waals surface area contributed by atoms with Crippen LogP contribution in [0.3, 0.4) is 0 Å². The number of aryl methyl sites for hydroxylation is 1. The Morgan fingerprint density at radius 3 is 2.55 bits per heavy atom. The molecule has 1 aliphatic carbocycles. The number of sulfonamides is 1. The number of aromatic nitrogens is 2. The molecule has 0 spiro atoms. The Balaban J connectivity index is 2.02. The third kappa shape index (κ3) is 3.78. The van der Waals surface area contributed by atoms with Gasteiger partial charge in [-0.1, -0.05) is 6.07 Å². The van der Waals surface area contributed by atoms with Gasteiger partial charge in [0.1, 0.15) is 11.5 Å². The van der Waals surface area contributed by atoms with Crippen LogP contribution in [0.5, 0.6) is 0 Å². The van der Waals surface area contributed by atoms with Gasteiger partial charge >= 0.3 is 0 Å². The molecule has 164 valence electrons. The third-order valence-corrected chi connectivity index (χ3v) is 6.89. The van der Waals surface area contributed by atoms with E-state index in [0.717, 1.165) is 18.4 Å². The number of halogens is 1. The molecule has 2 aromatic carbocycles. The Morgan fingerprint density at radius 2 is 2.00 bits per heavy atom. The molecule has 1 aliphatic rings. The molecule has 1 fully saturated rings. The van der Waals surface area contributed by atoms with Crippen LogP contribution in [0, 0.1) is 12.7 Å². The van der Waals surface area contributed by atoms with E-state index in [0.29, 0.717) is 27.8 Å². The average molecular weight is 445 g/mol. The van der Waals surface area contributed by atoms with Crippen LogP contribution < -0.4 is 9.62 Å². The van der Waals surface area contributed by atoms with Gasteiger partial charge in [-0.3, -0.25) is 9.10 Å². The lowest BCUT2D eigenvalue weighted by atomic mass is 10.0. The van der Waals surface area contributed by atoms with Gasteiger partial charge < -0.3 is 5.32 Å². The van der Waals surface area contributed by atoms with Crippen molar-refractivity contribution in [1.29, 1.82) is 0 Å². The number of hydrogen-bond acceptors (Lipinski definition) is 4. The smallest absolute Gasteiger partial charge is 0.270 e. The molecule has 4 rings (SSSR count). The van der Waals surface area contributed by atoms with Gasteiger partial charge in [-0.2, -0.15) is 5.10 Å². The molecule has 0 radical (unpaired) electrons. The lowest BCUT2D eigenvalue weighted by Crippen LogP contribution is -2.30. The highest BCUT2D eigenvalue weighted by molar-refractivity contribution is 7.92. The average Bonchev–Trinajstić information content (AvgIpc) is 3.49. The quantitative estimate of drug-likeness (QED) is 0.631. The maximum atomic E-state index is 14.2. The third-order valence-electron chi connectivity index (χ3n) is 5.64. The summed E-state index contributed by atoms with van der Waals surface area (Å²) in [5.74, 6) is -0.505. The van der Waals surface area contributed by atoms with Gasteiger partial charge in [-0.25, -0.2) is 17.5 Å². The molecule has 0 bridgehead atoms. The summed E-state index contributed by atoms with van der Waals surface area (Å²) in [5.41, 5.74) is 3.15. The van der Waals surface area contributed by atoms with Gasteiger partial charge in [0, 0.05) is 19.0 Å².